The van der Waals surface area contributed by atoms with Crippen molar-refractivity contribution < 1.29 is 42.9 Å². The van der Waals surface area contributed by atoms with Gasteiger partial charge in [-0.1, -0.05) is 229 Å². The van der Waals surface area contributed by atoms with Crippen LogP contribution in [0.3, 0.4) is 0 Å². The zero-order valence-corrected chi connectivity index (χ0v) is 44.7. The minimum absolute atomic E-state index is 0.142. The lowest BCUT2D eigenvalue weighted by molar-refractivity contribution is -0.870. The van der Waals surface area contributed by atoms with Crippen LogP contribution >= 0.6 is 0 Å². The topological polar surface area (TPSA) is 111 Å². The molecular formula is C59H105NO8. The second-order valence-corrected chi connectivity index (χ2v) is 19.9. The number of carboxylic acid groups (broad SMARTS) is 1. The Labute approximate surface area is 418 Å². The smallest absolute Gasteiger partial charge is 0.306 e. The monoisotopic (exact) mass is 956 g/mol. The normalized spacial score (nSPS) is 13.2. The molecule has 0 aromatic carbocycles. The van der Waals surface area contributed by atoms with Crippen LogP contribution in [-0.2, 0) is 33.3 Å². The number of allylic oxidation sites excluding steroid dienone is 10. The molecule has 0 radical (unpaired) electrons. The number of likely N-dealkylation sites (N-methyl/N-ethyl adjacent to an activating group) is 1. The van der Waals surface area contributed by atoms with Gasteiger partial charge in [0.05, 0.1) is 40.3 Å². The molecule has 0 rings (SSSR count). The van der Waals surface area contributed by atoms with E-state index in [1.807, 2.05) is 21.1 Å². The molecule has 394 valence electrons. The van der Waals surface area contributed by atoms with Crippen LogP contribution in [0.15, 0.2) is 60.8 Å². The van der Waals surface area contributed by atoms with Crippen LogP contribution in [-0.4, -0.2) is 82.3 Å². The zero-order valence-electron chi connectivity index (χ0n) is 44.7. The van der Waals surface area contributed by atoms with Crippen molar-refractivity contribution in [2.24, 2.45) is 0 Å². The summed E-state index contributed by atoms with van der Waals surface area (Å²) < 4.78 is 22.7. The van der Waals surface area contributed by atoms with Gasteiger partial charge in [0, 0.05) is 12.8 Å². The van der Waals surface area contributed by atoms with Crippen molar-refractivity contribution >= 4 is 17.9 Å². The van der Waals surface area contributed by atoms with E-state index in [0.717, 1.165) is 83.5 Å². The first-order chi connectivity index (χ1) is 33.1. The number of ether oxygens (including phenoxy) is 4. The highest BCUT2D eigenvalue weighted by molar-refractivity contribution is 5.70. The van der Waals surface area contributed by atoms with Gasteiger partial charge in [0.15, 0.2) is 12.4 Å². The minimum Gasteiger partial charge on any atom is -0.545 e. The molecule has 0 aliphatic rings. The number of unbranched alkanes of at least 4 members (excludes halogenated alkanes) is 26. The average Bonchev–Trinajstić information content (AvgIpc) is 3.30. The summed E-state index contributed by atoms with van der Waals surface area (Å²) >= 11 is 0. The number of esters is 2. The van der Waals surface area contributed by atoms with Crippen LogP contribution in [0.1, 0.15) is 239 Å². The quantitative estimate of drug-likeness (QED) is 0.0195. The number of aliphatic carboxylic acids is 1. The number of carbonyl (C=O) groups is 3. The Morgan fingerprint density at radius 1 is 0.456 bits per heavy atom. The molecule has 2 unspecified atom stereocenters. The van der Waals surface area contributed by atoms with Crippen LogP contribution < -0.4 is 5.11 Å². The fourth-order valence-corrected chi connectivity index (χ4v) is 7.74. The molecule has 2 atom stereocenters. The highest BCUT2D eigenvalue weighted by Gasteiger charge is 2.22. The lowest BCUT2D eigenvalue weighted by Gasteiger charge is -2.26. The molecule has 0 fully saturated rings. The molecule has 0 spiro atoms. The van der Waals surface area contributed by atoms with Gasteiger partial charge in [-0.25, -0.2) is 0 Å². The molecular weight excluding hydrogens is 851 g/mol. The third-order valence-electron chi connectivity index (χ3n) is 12.0. The highest BCUT2D eigenvalue weighted by Crippen LogP contribution is 2.16. The van der Waals surface area contributed by atoms with Crippen molar-refractivity contribution in [2.75, 3.05) is 47.5 Å². The van der Waals surface area contributed by atoms with Gasteiger partial charge < -0.3 is 33.3 Å². The number of hydrogen-bond donors (Lipinski definition) is 0. The Kier molecular flexibility index (Phi) is 48.2. The second kappa shape index (κ2) is 50.4. The van der Waals surface area contributed by atoms with Gasteiger partial charge >= 0.3 is 11.9 Å². The standard InChI is InChI=1S/C59H105NO8/c1-6-8-10-12-14-16-18-20-22-24-26-28-30-31-33-35-37-39-41-43-45-47-49-56(61)66-53-55(54-67-59(58(63)64)65-52-51-60(3,4)5)68-57(62)50-48-46-44-42-40-38-36-34-32-29-27-25-23-21-19-17-15-13-11-9-7-2/h9,11,15,17,21,23,27,29,34,36,55,59H,6-8,10,12-14,16,18-20,22,24-26,28,30-33,35,37-54H2,1-5H3/b11-9-,17-15-,23-21-,29-27-,36-34-. The molecule has 0 aliphatic carbocycles. The molecule has 68 heavy (non-hydrogen) atoms. The van der Waals surface area contributed by atoms with E-state index in [0.29, 0.717) is 17.4 Å². The SMILES string of the molecule is CC/C=C\C/C=C\C/C=C\C/C=C\C/C=C\CCCCCCCC(=O)OC(COC(=O)CCCCCCCCCCCCCCCCCCCCCCCC)COC(OCC[N+](C)(C)C)C(=O)[O-]. The van der Waals surface area contributed by atoms with Crippen LogP contribution in [0.25, 0.3) is 0 Å². The predicted octanol–water partition coefficient (Wildman–Crippen LogP) is 14.7. The third kappa shape index (κ3) is 50.9. The Balaban J connectivity index is 4.30. The number of nitrogens with zero attached hydrogens (tertiary/aromatic N) is 1. The third-order valence-corrected chi connectivity index (χ3v) is 12.0. The predicted molar refractivity (Wildman–Crippen MR) is 283 cm³/mol. The van der Waals surface area contributed by atoms with Crippen LogP contribution in [0.2, 0.25) is 0 Å². The molecule has 9 nitrogen and oxygen atoms in total. The van der Waals surface area contributed by atoms with Gasteiger partial charge in [0.2, 0.25) is 0 Å². The molecule has 0 aromatic heterocycles. The highest BCUT2D eigenvalue weighted by atomic mass is 16.7. The van der Waals surface area contributed by atoms with Crippen molar-refractivity contribution in [1.82, 2.24) is 0 Å². The molecule has 9 heteroatoms. The van der Waals surface area contributed by atoms with E-state index in [4.69, 9.17) is 18.9 Å². The number of carbonyl (C=O) groups excluding carboxylic acids is 3. The van der Waals surface area contributed by atoms with E-state index in [-0.39, 0.29) is 38.6 Å². The maximum Gasteiger partial charge on any atom is 0.306 e. The Hall–Kier alpha value is -3.01. The largest absolute Gasteiger partial charge is 0.545 e. The van der Waals surface area contributed by atoms with Crippen LogP contribution in [0, 0.1) is 0 Å². The molecule has 0 aliphatic heterocycles. The fraction of sp³-hybridized carbons (Fsp3) is 0.780. The maximum absolute atomic E-state index is 12.8. The van der Waals surface area contributed by atoms with Gasteiger partial charge in [0.25, 0.3) is 0 Å². The van der Waals surface area contributed by atoms with Crippen molar-refractivity contribution in [3.8, 4) is 0 Å². The van der Waals surface area contributed by atoms with Crippen molar-refractivity contribution in [3.63, 3.8) is 0 Å². The van der Waals surface area contributed by atoms with Gasteiger partial charge in [-0.2, -0.15) is 0 Å². The fourth-order valence-electron chi connectivity index (χ4n) is 7.74. The average molecular weight is 956 g/mol. The van der Waals surface area contributed by atoms with E-state index in [1.54, 1.807) is 0 Å². The molecule has 0 amide bonds. The number of carboxylic acids is 1. The van der Waals surface area contributed by atoms with E-state index in [1.165, 1.54) is 122 Å². The van der Waals surface area contributed by atoms with Gasteiger partial charge in [-0.15, -0.1) is 0 Å². The zero-order chi connectivity index (χ0) is 49.9. The second-order valence-electron chi connectivity index (χ2n) is 19.9. The van der Waals surface area contributed by atoms with E-state index in [9.17, 15) is 19.5 Å². The summed E-state index contributed by atoms with van der Waals surface area (Å²) in [5.41, 5.74) is 0. The molecule has 0 bridgehead atoms. The summed E-state index contributed by atoms with van der Waals surface area (Å²) in [6.07, 6.45) is 59.8. The van der Waals surface area contributed by atoms with E-state index in [2.05, 4.69) is 74.6 Å². The summed E-state index contributed by atoms with van der Waals surface area (Å²) in [6.45, 7) is 4.63. The minimum atomic E-state index is -1.63. The van der Waals surface area contributed by atoms with Crippen LogP contribution in [0.5, 0.6) is 0 Å². The molecule has 0 N–H and O–H groups in total. The Bertz CT molecular complexity index is 1300. The first kappa shape index (κ1) is 65.0. The van der Waals surface area contributed by atoms with Gasteiger partial charge in [-0.3, -0.25) is 9.59 Å². The number of quaternary nitrogens is 1. The van der Waals surface area contributed by atoms with E-state index < -0.39 is 24.3 Å². The first-order valence-electron chi connectivity index (χ1n) is 27.9. The molecule has 0 saturated carbocycles. The van der Waals surface area contributed by atoms with Gasteiger partial charge in [0.1, 0.15) is 13.2 Å². The van der Waals surface area contributed by atoms with Crippen LogP contribution in [0.4, 0.5) is 0 Å². The molecule has 0 heterocycles. The lowest BCUT2D eigenvalue weighted by atomic mass is 10.0. The van der Waals surface area contributed by atoms with Crippen molar-refractivity contribution in [2.45, 2.75) is 251 Å². The lowest BCUT2D eigenvalue weighted by Crippen LogP contribution is -2.44. The summed E-state index contributed by atoms with van der Waals surface area (Å²) in [7, 11) is 5.91. The summed E-state index contributed by atoms with van der Waals surface area (Å²) in [4.78, 5) is 37.2. The van der Waals surface area contributed by atoms with Crippen molar-refractivity contribution in [1.29, 1.82) is 0 Å². The van der Waals surface area contributed by atoms with Crippen molar-refractivity contribution in [3.05, 3.63) is 60.8 Å². The maximum atomic E-state index is 12.8. The molecule has 0 aromatic rings. The Morgan fingerprint density at radius 2 is 0.838 bits per heavy atom. The van der Waals surface area contributed by atoms with E-state index >= 15 is 0 Å². The summed E-state index contributed by atoms with van der Waals surface area (Å²) in [5, 5.41) is 11.8. The first-order valence-corrected chi connectivity index (χ1v) is 27.9. The Morgan fingerprint density at radius 3 is 1.25 bits per heavy atom. The summed E-state index contributed by atoms with van der Waals surface area (Å²) in [6, 6.07) is 0. The number of hydrogen-bond acceptors (Lipinski definition) is 8. The molecule has 0 saturated heterocycles. The summed E-state index contributed by atoms with van der Waals surface area (Å²) in [5.74, 6) is -2.30. The van der Waals surface area contributed by atoms with Gasteiger partial charge in [-0.05, 0) is 57.8 Å². The number of rotatable bonds is 51.